The van der Waals surface area contributed by atoms with Crippen LogP contribution in [0.15, 0.2) is 36.7 Å². The fraction of sp³-hybridized carbons (Fsp3) is 0.312. The molecule has 0 atom stereocenters. The molecule has 0 N–H and O–H groups in total. The van der Waals surface area contributed by atoms with E-state index in [9.17, 15) is 0 Å². The Bertz CT molecular complexity index is 799. The van der Waals surface area contributed by atoms with Crippen molar-refractivity contribution in [3.8, 4) is 0 Å². The van der Waals surface area contributed by atoms with Crippen LogP contribution >= 0.6 is 0 Å². The number of pyridine rings is 1. The Balaban J connectivity index is 2.37. The van der Waals surface area contributed by atoms with E-state index in [0.717, 1.165) is 0 Å². The quantitative estimate of drug-likeness (QED) is 0.496. The summed E-state index contributed by atoms with van der Waals surface area (Å²) in [7, 11) is 3.80. The summed E-state index contributed by atoms with van der Waals surface area (Å²) in [5, 5.41) is 2.66. The average Bonchev–Trinajstić information content (AvgIpc) is 2.70. The molecule has 20 heavy (non-hydrogen) atoms. The molecule has 0 amide bonds. The third-order valence-corrected chi connectivity index (χ3v) is 9.83. The SMILES string of the molecule is CO[n+]1ccc2c3c[c]([Sn]([CH3])([CH3])[CH3])ccc3n(C)c2c1. The molecule has 0 spiro atoms. The van der Waals surface area contributed by atoms with Gasteiger partial charge in [-0.05, 0) is 0 Å². The van der Waals surface area contributed by atoms with Gasteiger partial charge in [0.05, 0.1) is 0 Å². The third kappa shape index (κ3) is 2.08. The summed E-state index contributed by atoms with van der Waals surface area (Å²) < 4.78 is 5.55. The first-order valence-electron chi connectivity index (χ1n) is 6.90. The molecular weight excluding hydrogens is 355 g/mol. The fourth-order valence-electron chi connectivity index (χ4n) is 2.72. The van der Waals surface area contributed by atoms with E-state index in [1.165, 1.54) is 21.8 Å². The first-order valence-corrected chi connectivity index (χ1v) is 16.9. The summed E-state index contributed by atoms with van der Waals surface area (Å²) in [5.41, 5.74) is 2.48. The minimum atomic E-state index is -2.03. The maximum atomic E-state index is 5.26. The predicted molar refractivity (Wildman–Crippen MR) is 86.1 cm³/mol. The molecule has 2 aromatic heterocycles. The van der Waals surface area contributed by atoms with Gasteiger partial charge in [0, 0.05) is 0 Å². The van der Waals surface area contributed by atoms with E-state index in [2.05, 4.69) is 50.7 Å². The van der Waals surface area contributed by atoms with Crippen LogP contribution in [0.4, 0.5) is 0 Å². The van der Waals surface area contributed by atoms with Crippen molar-refractivity contribution in [1.29, 1.82) is 0 Å². The summed E-state index contributed by atoms with van der Waals surface area (Å²) in [6.07, 6.45) is 4.00. The van der Waals surface area contributed by atoms with Gasteiger partial charge in [0.1, 0.15) is 0 Å². The fourth-order valence-corrected chi connectivity index (χ4v) is 6.03. The second-order valence-electron chi connectivity index (χ2n) is 6.33. The van der Waals surface area contributed by atoms with E-state index in [-0.39, 0.29) is 0 Å². The van der Waals surface area contributed by atoms with Crippen molar-refractivity contribution in [2.24, 2.45) is 7.05 Å². The van der Waals surface area contributed by atoms with Crippen LogP contribution in [0.3, 0.4) is 0 Å². The van der Waals surface area contributed by atoms with Gasteiger partial charge >= 0.3 is 124 Å². The standard InChI is InChI=1S/C13H12N2O.3CH3.Sn/c1-14-12-6-4-3-5-10(12)11-7-8-15(16-2)9-13(11)14;;;;/h4-9H,1-2H3;3*1H3;/q+1;;;;. The first kappa shape index (κ1) is 13.7. The van der Waals surface area contributed by atoms with E-state index in [1.54, 1.807) is 15.4 Å². The zero-order chi connectivity index (χ0) is 14.5. The van der Waals surface area contributed by atoms with Gasteiger partial charge in [-0.2, -0.15) is 0 Å². The van der Waals surface area contributed by atoms with Crippen LogP contribution in [-0.4, -0.2) is 30.1 Å². The molecule has 0 unspecified atom stereocenters. The molecule has 104 valence electrons. The van der Waals surface area contributed by atoms with Gasteiger partial charge in [0.25, 0.3) is 0 Å². The van der Waals surface area contributed by atoms with Crippen molar-refractivity contribution >= 4 is 43.8 Å². The Morgan fingerprint density at radius 1 is 1.05 bits per heavy atom. The van der Waals surface area contributed by atoms with Crippen LogP contribution in [0.2, 0.25) is 14.8 Å². The topological polar surface area (TPSA) is 18.0 Å². The van der Waals surface area contributed by atoms with E-state index in [1.807, 2.05) is 12.4 Å². The van der Waals surface area contributed by atoms with E-state index >= 15 is 0 Å². The van der Waals surface area contributed by atoms with Crippen LogP contribution in [-0.2, 0) is 7.05 Å². The van der Waals surface area contributed by atoms with Crippen molar-refractivity contribution in [2.45, 2.75) is 14.8 Å². The van der Waals surface area contributed by atoms with Gasteiger partial charge in [-0.1, -0.05) is 0 Å². The van der Waals surface area contributed by atoms with E-state index < -0.39 is 18.4 Å². The predicted octanol–water partition coefficient (Wildman–Crippen LogP) is 2.22. The summed E-state index contributed by atoms with van der Waals surface area (Å²) in [4.78, 5) is 12.6. The van der Waals surface area contributed by atoms with Crippen LogP contribution in [0.5, 0.6) is 0 Å². The molecule has 4 heteroatoms. The molecule has 3 nitrogen and oxygen atoms in total. The van der Waals surface area contributed by atoms with Gasteiger partial charge in [-0.25, -0.2) is 0 Å². The molecule has 1 aromatic carbocycles. The summed E-state index contributed by atoms with van der Waals surface area (Å²) in [5.74, 6) is 0. The Labute approximate surface area is 123 Å². The molecule has 0 aliphatic heterocycles. The Hall–Kier alpha value is -1.23. The Morgan fingerprint density at radius 3 is 2.45 bits per heavy atom. The zero-order valence-electron chi connectivity index (χ0n) is 12.8. The second kappa shape index (κ2) is 4.65. The van der Waals surface area contributed by atoms with E-state index in [0.29, 0.717) is 0 Å². The number of aryl methyl sites for hydroxylation is 1. The van der Waals surface area contributed by atoms with Gasteiger partial charge in [-0.3, -0.25) is 0 Å². The summed E-state index contributed by atoms with van der Waals surface area (Å²) >= 11 is -2.03. The van der Waals surface area contributed by atoms with Crippen LogP contribution < -0.4 is 13.1 Å². The normalized spacial score (nSPS) is 12.2. The number of fused-ring (bicyclic) bond motifs is 3. The molecule has 0 saturated heterocycles. The zero-order valence-corrected chi connectivity index (χ0v) is 15.6. The van der Waals surface area contributed by atoms with Gasteiger partial charge < -0.3 is 0 Å². The number of hydrogen-bond donors (Lipinski definition) is 0. The number of hydrogen-bond acceptors (Lipinski definition) is 1. The van der Waals surface area contributed by atoms with Crippen molar-refractivity contribution in [1.82, 2.24) is 4.57 Å². The minimum absolute atomic E-state index is 1.20. The number of nitrogens with zero attached hydrogens (tertiary/aromatic N) is 2. The van der Waals surface area contributed by atoms with Gasteiger partial charge in [0.15, 0.2) is 0 Å². The second-order valence-corrected chi connectivity index (χ2v) is 20.8. The maximum absolute atomic E-state index is 5.26. The van der Waals surface area contributed by atoms with Crippen molar-refractivity contribution in [3.05, 3.63) is 36.7 Å². The molecule has 3 rings (SSSR count). The van der Waals surface area contributed by atoms with Crippen LogP contribution in [0.25, 0.3) is 21.8 Å². The number of benzene rings is 1. The molecule has 0 aliphatic rings. The first-order chi connectivity index (χ1) is 9.41. The number of rotatable bonds is 2. The van der Waals surface area contributed by atoms with E-state index in [4.69, 9.17) is 4.84 Å². The average molecular weight is 376 g/mol. The molecule has 0 aliphatic carbocycles. The number of aromatic nitrogens is 2. The van der Waals surface area contributed by atoms with Gasteiger partial charge in [-0.15, -0.1) is 0 Å². The summed E-state index contributed by atoms with van der Waals surface area (Å²) in [6.45, 7) is 0. The van der Waals surface area contributed by atoms with Crippen LogP contribution in [0.1, 0.15) is 0 Å². The molecule has 2 heterocycles. The molecule has 0 radical (unpaired) electrons. The Kier molecular flexibility index (Phi) is 3.20. The molecule has 0 fully saturated rings. The van der Waals surface area contributed by atoms with Gasteiger partial charge in [0.2, 0.25) is 0 Å². The molecule has 3 aromatic rings. The molecule has 0 saturated carbocycles. The molecule has 0 bridgehead atoms. The monoisotopic (exact) mass is 377 g/mol. The van der Waals surface area contributed by atoms with Crippen molar-refractivity contribution < 1.29 is 9.57 Å². The molecular formula is C16H21N2OSn+. The van der Waals surface area contributed by atoms with Crippen LogP contribution in [0, 0.1) is 0 Å². The third-order valence-electron chi connectivity index (χ3n) is 4.00. The summed E-state index contributed by atoms with van der Waals surface area (Å²) in [6, 6.07) is 9.14. The Morgan fingerprint density at radius 2 is 1.80 bits per heavy atom. The van der Waals surface area contributed by atoms with Crippen molar-refractivity contribution in [2.75, 3.05) is 7.11 Å². The van der Waals surface area contributed by atoms with Crippen molar-refractivity contribution in [3.63, 3.8) is 0 Å².